The van der Waals surface area contributed by atoms with Crippen molar-refractivity contribution in [2.45, 2.75) is 31.6 Å². The predicted molar refractivity (Wildman–Crippen MR) is 102 cm³/mol. The van der Waals surface area contributed by atoms with E-state index in [1.807, 2.05) is 0 Å². The Kier molecular flexibility index (Phi) is 4.92. The molecule has 4 rings (SSSR count). The summed E-state index contributed by atoms with van der Waals surface area (Å²) in [5.74, 6) is -4.73. The van der Waals surface area contributed by atoms with Crippen LogP contribution in [0.25, 0.3) is 10.9 Å². The number of carbonyl (C=O) groups excluding carboxylic acids is 3. The van der Waals surface area contributed by atoms with Gasteiger partial charge in [0.1, 0.15) is 0 Å². The molecule has 1 aromatic heterocycles. The molecule has 3 amide bonds. The number of carbonyl (C=O) groups is 3. The number of nitrogens with zero attached hydrogens (tertiary/aromatic N) is 4. The van der Waals surface area contributed by atoms with Crippen molar-refractivity contribution in [2.24, 2.45) is 7.05 Å². The SMILES string of the molecule is CC(=O)ON1CC[C@H](c2ccc3c(N4CCC(=O)NC4=O)nn(C)c3c2)C(F)(F)C1. The molecule has 30 heavy (non-hydrogen) atoms. The quantitative estimate of drug-likeness (QED) is 0.814. The second-order valence-electron chi connectivity index (χ2n) is 7.53. The molecule has 2 fully saturated rings. The van der Waals surface area contributed by atoms with Gasteiger partial charge in [-0.05, 0) is 24.1 Å². The highest BCUT2D eigenvalue weighted by Crippen LogP contribution is 2.41. The Morgan fingerprint density at radius 2 is 2.07 bits per heavy atom. The highest BCUT2D eigenvalue weighted by Gasteiger charge is 2.46. The topological polar surface area (TPSA) is 96.8 Å². The second kappa shape index (κ2) is 7.31. The molecule has 0 aliphatic carbocycles. The highest BCUT2D eigenvalue weighted by atomic mass is 19.3. The van der Waals surface area contributed by atoms with Crippen LogP contribution < -0.4 is 10.2 Å². The average molecular weight is 421 g/mol. The van der Waals surface area contributed by atoms with E-state index in [1.54, 1.807) is 25.2 Å². The number of imide groups is 1. The van der Waals surface area contributed by atoms with Gasteiger partial charge in [0.05, 0.1) is 18.0 Å². The zero-order valence-electron chi connectivity index (χ0n) is 16.5. The fraction of sp³-hybridized carbons (Fsp3) is 0.474. The van der Waals surface area contributed by atoms with Gasteiger partial charge < -0.3 is 4.84 Å². The largest absolute Gasteiger partial charge is 0.368 e. The van der Waals surface area contributed by atoms with Crippen LogP contribution in [0.5, 0.6) is 0 Å². The molecular formula is C19H21F2N5O4. The summed E-state index contributed by atoms with van der Waals surface area (Å²) < 4.78 is 31.1. The van der Waals surface area contributed by atoms with Gasteiger partial charge in [0.15, 0.2) is 5.82 Å². The van der Waals surface area contributed by atoms with Gasteiger partial charge in [-0.1, -0.05) is 6.07 Å². The fourth-order valence-electron chi connectivity index (χ4n) is 4.02. The summed E-state index contributed by atoms with van der Waals surface area (Å²) in [5.41, 5.74) is 1.05. The minimum atomic E-state index is -3.09. The molecule has 2 aromatic rings. The van der Waals surface area contributed by atoms with Gasteiger partial charge in [0.25, 0.3) is 5.92 Å². The molecule has 2 saturated heterocycles. The van der Waals surface area contributed by atoms with E-state index in [2.05, 4.69) is 10.4 Å². The van der Waals surface area contributed by atoms with Gasteiger partial charge in [-0.15, -0.1) is 5.06 Å². The fourth-order valence-corrected chi connectivity index (χ4v) is 4.02. The number of rotatable bonds is 3. The van der Waals surface area contributed by atoms with E-state index in [9.17, 15) is 23.2 Å². The number of fused-ring (bicyclic) bond motifs is 1. The Hall–Kier alpha value is -3.08. The van der Waals surface area contributed by atoms with Gasteiger partial charge in [-0.25, -0.2) is 13.6 Å². The van der Waals surface area contributed by atoms with Gasteiger partial charge in [0.2, 0.25) is 5.91 Å². The summed E-state index contributed by atoms with van der Waals surface area (Å²) in [5, 5.41) is 8.25. The minimum absolute atomic E-state index is 0.118. The van der Waals surface area contributed by atoms with E-state index in [-0.39, 0.29) is 31.8 Å². The molecule has 160 valence electrons. The lowest BCUT2D eigenvalue weighted by Crippen LogP contribution is -2.49. The summed E-state index contributed by atoms with van der Waals surface area (Å²) in [6.45, 7) is 0.909. The number of hydrogen-bond donors (Lipinski definition) is 1. The number of urea groups is 1. The van der Waals surface area contributed by atoms with Crippen molar-refractivity contribution in [2.75, 3.05) is 24.5 Å². The number of piperidine rings is 1. The number of anilines is 1. The Morgan fingerprint density at radius 3 is 2.73 bits per heavy atom. The van der Waals surface area contributed by atoms with Crippen molar-refractivity contribution in [3.05, 3.63) is 23.8 Å². The monoisotopic (exact) mass is 421 g/mol. The maximum Gasteiger partial charge on any atom is 0.329 e. The molecule has 2 aliphatic rings. The number of hydroxylamine groups is 2. The van der Waals surface area contributed by atoms with Gasteiger partial charge in [0, 0.05) is 38.9 Å². The van der Waals surface area contributed by atoms with E-state index >= 15 is 0 Å². The molecule has 2 aliphatic heterocycles. The van der Waals surface area contributed by atoms with Crippen LogP contribution in [-0.4, -0.2) is 58.3 Å². The molecule has 0 radical (unpaired) electrons. The van der Waals surface area contributed by atoms with Gasteiger partial charge in [-0.3, -0.25) is 24.5 Å². The summed E-state index contributed by atoms with van der Waals surface area (Å²) in [6, 6.07) is 4.38. The lowest BCUT2D eigenvalue weighted by molar-refractivity contribution is -0.222. The molecule has 0 saturated carbocycles. The van der Waals surface area contributed by atoms with Gasteiger partial charge >= 0.3 is 12.0 Å². The van der Waals surface area contributed by atoms with Crippen LogP contribution >= 0.6 is 0 Å². The lowest BCUT2D eigenvalue weighted by atomic mass is 9.86. The number of nitrogens with one attached hydrogen (secondary N) is 1. The van der Waals surface area contributed by atoms with Crippen LogP contribution in [0, 0.1) is 0 Å². The first-order valence-corrected chi connectivity index (χ1v) is 9.55. The number of amides is 3. The van der Waals surface area contributed by atoms with Crippen molar-refractivity contribution in [3.63, 3.8) is 0 Å². The Labute approximate surface area is 170 Å². The molecule has 1 atom stereocenters. The van der Waals surface area contributed by atoms with Crippen molar-refractivity contribution in [1.29, 1.82) is 0 Å². The number of alkyl halides is 2. The van der Waals surface area contributed by atoms with Crippen LogP contribution in [0.15, 0.2) is 18.2 Å². The van der Waals surface area contributed by atoms with Crippen LogP contribution in [0.3, 0.4) is 0 Å². The van der Waals surface area contributed by atoms with Crippen molar-refractivity contribution >= 4 is 34.6 Å². The number of aryl methyl sites for hydroxylation is 1. The van der Waals surface area contributed by atoms with Crippen molar-refractivity contribution in [3.8, 4) is 0 Å². The minimum Gasteiger partial charge on any atom is -0.368 e. The summed E-state index contributed by atoms with van der Waals surface area (Å²) in [4.78, 5) is 40.8. The van der Waals surface area contributed by atoms with E-state index in [1.165, 1.54) is 16.5 Å². The molecule has 9 nitrogen and oxygen atoms in total. The van der Waals surface area contributed by atoms with E-state index in [0.29, 0.717) is 22.3 Å². The number of hydrogen-bond acceptors (Lipinski definition) is 6. The Bertz CT molecular complexity index is 1040. The van der Waals surface area contributed by atoms with E-state index in [0.717, 1.165) is 5.06 Å². The average Bonchev–Trinajstić information content (AvgIpc) is 2.96. The van der Waals surface area contributed by atoms with Crippen LogP contribution in [0.1, 0.15) is 31.2 Å². The Morgan fingerprint density at radius 1 is 1.30 bits per heavy atom. The van der Waals surface area contributed by atoms with Crippen LogP contribution in [0.4, 0.5) is 19.4 Å². The number of halogens is 2. The zero-order valence-corrected chi connectivity index (χ0v) is 16.5. The molecular weight excluding hydrogens is 400 g/mol. The lowest BCUT2D eigenvalue weighted by Gasteiger charge is -2.37. The number of benzene rings is 1. The van der Waals surface area contributed by atoms with Gasteiger partial charge in [-0.2, -0.15) is 5.10 Å². The first-order valence-electron chi connectivity index (χ1n) is 9.55. The maximum absolute atomic E-state index is 14.8. The van der Waals surface area contributed by atoms with Crippen molar-refractivity contribution in [1.82, 2.24) is 20.2 Å². The first kappa shape index (κ1) is 20.2. The normalized spacial score (nSPS) is 22.3. The molecule has 1 aromatic carbocycles. The van der Waals surface area contributed by atoms with E-state index in [4.69, 9.17) is 4.84 Å². The standard InChI is InChI=1S/C19H21F2N5O4/c1-11(27)30-25-7-5-14(19(20,21)10-25)12-3-4-13-15(9-12)24(2)23-17(13)26-8-6-16(28)22-18(26)29/h3-4,9,14H,5-8,10H2,1-2H3,(H,22,28,29)/t14-/m1/s1. The zero-order chi connectivity index (χ0) is 21.6. The smallest absolute Gasteiger partial charge is 0.329 e. The summed E-state index contributed by atoms with van der Waals surface area (Å²) >= 11 is 0. The third kappa shape index (κ3) is 3.60. The third-order valence-corrected chi connectivity index (χ3v) is 5.39. The maximum atomic E-state index is 14.8. The number of aromatic nitrogens is 2. The van der Waals surface area contributed by atoms with Crippen LogP contribution in [0.2, 0.25) is 0 Å². The molecule has 0 bridgehead atoms. The molecule has 3 heterocycles. The molecule has 1 N–H and O–H groups in total. The molecule has 0 unspecified atom stereocenters. The van der Waals surface area contributed by atoms with Crippen LogP contribution in [-0.2, 0) is 21.5 Å². The third-order valence-electron chi connectivity index (χ3n) is 5.39. The van der Waals surface area contributed by atoms with E-state index < -0.39 is 30.4 Å². The molecule has 0 spiro atoms. The second-order valence-corrected chi connectivity index (χ2v) is 7.53. The van der Waals surface area contributed by atoms with Crippen molar-refractivity contribution < 1.29 is 28.0 Å². The first-order chi connectivity index (χ1) is 14.2. The Balaban J connectivity index is 1.63. The highest BCUT2D eigenvalue weighted by molar-refractivity contribution is 6.08. The predicted octanol–water partition coefficient (Wildman–Crippen LogP) is 1.92. The summed E-state index contributed by atoms with van der Waals surface area (Å²) in [7, 11) is 1.67. The molecule has 11 heteroatoms. The summed E-state index contributed by atoms with van der Waals surface area (Å²) in [6.07, 6.45) is 0.280.